The highest BCUT2D eigenvalue weighted by molar-refractivity contribution is 5.97. The van der Waals surface area contributed by atoms with Gasteiger partial charge in [0.1, 0.15) is 12.0 Å². The molecule has 4 rings (SSSR count). The quantitative estimate of drug-likeness (QED) is 0.592. The predicted octanol–water partition coefficient (Wildman–Crippen LogP) is 1.93. The molecule has 1 saturated heterocycles. The zero-order valence-corrected chi connectivity index (χ0v) is 12.8. The van der Waals surface area contributed by atoms with Gasteiger partial charge in [-0.15, -0.1) is 12.4 Å². The Morgan fingerprint density at radius 2 is 2.23 bits per heavy atom. The van der Waals surface area contributed by atoms with Crippen LogP contribution in [0.25, 0.3) is 22.4 Å². The van der Waals surface area contributed by atoms with Gasteiger partial charge in [0.25, 0.3) is 0 Å². The van der Waals surface area contributed by atoms with Crippen LogP contribution in [0.5, 0.6) is 0 Å². The van der Waals surface area contributed by atoms with Crippen molar-refractivity contribution in [2.45, 2.75) is 18.9 Å². The number of H-pyrrole nitrogens is 2. The van der Waals surface area contributed by atoms with Crippen molar-refractivity contribution >= 4 is 29.1 Å². The van der Waals surface area contributed by atoms with Crippen molar-refractivity contribution in [2.24, 2.45) is 0 Å². The lowest BCUT2D eigenvalue weighted by atomic mass is 10.1. The van der Waals surface area contributed by atoms with Gasteiger partial charge in [0, 0.05) is 30.4 Å². The zero-order chi connectivity index (χ0) is 14.1. The van der Waals surface area contributed by atoms with Crippen LogP contribution in [0.4, 0.5) is 5.69 Å². The summed E-state index contributed by atoms with van der Waals surface area (Å²) in [5, 5.41) is 15.0. The molecule has 3 aromatic rings. The van der Waals surface area contributed by atoms with E-state index in [0.29, 0.717) is 6.04 Å². The van der Waals surface area contributed by atoms with Gasteiger partial charge in [0.05, 0.1) is 11.3 Å². The summed E-state index contributed by atoms with van der Waals surface area (Å²) in [6.07, 6.45) is 7.61. The Morgan fingerprint density at radius 3 is 3.00 bits per heavy atom. The van der Waals surface area contributed by atoms with Crippen molar-refractivity contribution in [2.75, 3.05) is 18.4 Å². The highest BCUT2D eigenvalue weighted by atomic mass is 35.5. The topological polar surface area (TPSA) is 94.3 Å². The molecule has 4 N–H and O–H groups in total. The van der Waals surface area contributed by atoms with Gasteiger partial charge in [0.15, 0.2) is 5.82 Å². The lowest BCUT2D eigenvalue weighted by Gasteiger charge is -2.26. The van der Waals surface area contributed by atoms with E-state index in [0.717, 1.165) is 47.6 Å². The van der Waals surface area contributed by atoms with Crippen LogP contribution in [-0.2, 0) is 0 Å². The first-order chi connectivity index (χ1) is 10.4. The number of hydrogen-bond donors (Lipinski definition) is 4. The van der Waals surface area contributed by atoms with E-state index in [-0.39, 0.29) is 12.4 Å². The van der Waals surface area contributed by atoms with Crippen LogP contribution in [0, 0.1) is 0 Å². The van der Waals surface area contributed by atoms with Crippen molar-refractivity contribution in [3.63, 3.8) is 0 Å². The lowest BCUT2D eigenvalue weighted by molar-refractivity contribution is 0.480. The molecule has 1 aliphatic rings. The minimum absolute atomic E-state index is 0. The van der Waals surface area contributed by atoms with Gasteiger partial charge in [-0.25, -0.2) is 9.97 Å². The summed E-state index contributed by atoms with van der Waals surface area (Å²) in [7, 11) is 0. The maximum atomic E-state index is 4.45. The van der Waals surface area contributed by atoms with Crippen molar-refractivity contribution in [1.29, 1.82) is 0 Å². The van der Waals surface area contributed by atoms with Gasteiger partial charge in [0.2, 0.25) is 0 Å². The fourth-order valence-electron chi connectivity index (χ4n) is 2.86. The number of hydrogen-bond acceptors (Lipinski definition) is 5. The van der Waals surface area contributed by atoms with Crippen LogP contribution < -0.4 is 10.6 Å². The summed E-state index contributed by atoms with van der Waals surface area (Å²) in [6.45, 7) is 2.08. The third kappa shape index (κ3) is 2.65. The summed E-state index contributed by atoms with van der Waals surface area (Å²) < 4.78 is 0. The summed E-state index contributed by atoms with van der Waals surface area (Å²) >= 11 is 0. The number of fused-ring (bicyclic) bond motifs is 1. The van der Waals surface area contributed by atoms with E-state index < -0.39 is 0 Å². The smallest absolute Gasteiger partial charge is 0.159 e. The average molecular weight is 320 g/mol. The molecule has 0 bridgehead atoms. The standard InChI is InChI=1S/C14H17N7.ClH/c1-2-9(6-15-4-1)20-12-10-3-5-16-13(10)17-7-11(12)14-18-8-19-21-14;/h3,5,7-9,15H,1-2,4,6H2,(H2,16,17,20)(H,18,19,21);1H. The van der Waals surface area contributed by atoms with Gasteiger partial charge in [-0.3, -0.25) is 5.10 Å². The van der Waals surface area contributed by atoms with E-state index in [1.165, 1.54) is 12.7 Å². The van der Waals surface area contributed by atoms with Gasteiger partial charge < -0.3 is 15.6 Å². The number of rotatable bonds is 3. The molecule has 0 saturated carbocycles. The van der Waals surface area contributed by atoms with Crippen molar-refractivity contribution in [3.8, 4) is 11.4 Å². The molecule has 4 heterocycles. The van der Waals surface area contributed by atoms with Crippen LogP contribution in [0.2, 0.25) is 0 Å². The molecule has 0 aliphatic carbocycles. The number of pyridine rings is 1. The van der Waals surface area contributed by atoms with E-state index in [2.05, 4.69) is 35.8 Å². The molecule has 8 heteroatoms. The Kier molecular flexibility index (Phi) is 4.26. The van der Waals surface area contributed by atoms with E-state index in [9.17, 15) is 0 Å². The third-order valence-corrected chi connectivity index (χ3v) is 3.90. The minimum atomic E-state index is 0. The van der Waals surface area contributed by atoms with Crippen molar-refractivity contribution in [1.82, 2.24) is 30.5 Å². The summed E-state index contributed by atoms with van der Waals surface area (Å²) in [5.74, 6) is 0.733. The van der Waals surface area contributed by atoms with Crippen LogP contribution in [-0.4, -0.2) is 44.3 Å². The molecule has 1 atom stereocenters. The van der Waals surface area contributed by atoms with Crippen LogP contribution in [0.15, 0.2) is 24.8 Å². The molecule has 1 fully saturated rings. The highest BCUT2D eigenvalue weighted by Crippen LogP contribution is 2.32. The number of halogens is 1. The Hall–Kier alpha value is -2.12. The lowest BCUT2D eigenvalue weighted by Crippen LogP contribution is -2.38. The van der Waals surface area contributed by atoms with Crippen LogP contribution in [0.3, 0.4) is 0 Å². The fraction of sp³-hybridized carbons (Fsp3) is 0.357. The van der Waals surface area contributed by atoms with Crippen LogP contribution >= 0.6 is 12.4 Å². The average Bonchev–Trinajstić information content (AvgIpc) is 3.20. The number of aromatic nitrogens is 5. The molecule has 116 valence electrons. The molecule has 0 radical (unpaired) electrons. The SMILES string of the molecule is Cl.c1n[nH]c(-c2cnc3[nH]ccc3c2NC2CCCNC2)n1. The first-order valence-corrected chi connectivity index (χ1v) is 7.21. The first kappa shape index (κ1) is 14.8. The number of aromatic amines is 2. The van der Waals surface area contributed by atoms with E-state index in [1.807, 2.05) is 18.5 Å². The van der Waals surface area contributed by atoms with E-state index >= 15 is 0 Å². The molecule has 7 nitrogen and oxygen atoms in total. The molecule has 1 unspecified atom stereocenters. The Bertz CT molecular complexity index is 731. The van der Waals surface area contributed by atoms with Crippen LogP contribution in [0.1, 0.15) is 12.8 Å². The Labute approximate surface area is 133 Å². The second-order valence-corrected chi connectivity index (χ2v) is 5.31. The molecular formula is C14H18ClN7. The zero-order valence-electron chi connectivity index (χ0n) is 12.0. The minimum Gasteiger partial charge on any atom is -0.380 e. The summed E-state index contributed by atoms with van der Waals surface area (Å²) in [5.41, 5.74) is 2.89. The summed E-state index contributed by atoms with van der Waals surface area (Å²) in [4.78, 5) is 11.9. The maximum absolute atomic E-state index is 4.45. The molecular weight excluding hydrogens is 302 g/mol. The normalized spacial score (nSPS) is 18.1. The monoisotopic (exact) mass is 319 g/mol. The van der Waals surface area contributed by atoms with E-state index in [1.54, 1.807) is 0 Å². The highest BCUT2D eigenvalue weighted by Gasteiger charge is 2.18. The second kappa shape index (κ2) is 6.33. The van der Waals surface area contributed by atoms with Crippen molar-refractivity contribution in [3.05, 3.63) is 24.8 Å². The number of anilines is 1. The fourth-order valence-corrected chi connectivity index (χ4v) is 2.86. The van der Waals surface area contributed by atoms with Crippen molar-refractivity contribution < 1.29 is 0 Å². The molecule has 0 spiro atoms. The Morgan fingerprint density at radius 1 is 1.27 bits per heavy atom. The number of nitrogens with zero attached hydrogens (tertiary/aromatic N) is 3. The van der Waals surface area contributed by atoms with Gasteiger partial charge in [-0.1, -0.05) is 0 Å². The molecule has 0 aromatic carbocycles. The van der Waals surface area contributed by atoms with E-state index in [4.69, 9.17) is 0 Å². The second-order valence-electron chi connectivity index (χ2n) is 5.31. The van der Waals surface area contributed by atoms with Gasteiger partial charge in [-0.05, 0) is 25.5 Å². The predicted molar refractivity (Wildman–Crippen MR) is 88.2 cm³/mol. The largest absolute Gasteiger partial charge is 0.380 e. The molecule has 0 amide bonds. The van der Waals surface area contributed by atoms with Gasteiger partial charge >= 0.3 is 0 Å². The third-order valence-electron chi connectivity index (χ3n) is 3.90. The number of nitrogens with one attached hydrogen (secondary N) is 4. The number of piperidine rings is 1. The van der Waals surface area contributed by atoms with Gasteiger partial charge in [-0.2, -0.15) is 5.10 Å². The maximum Gasteiger partial charge on any atom is 0.159 e. The summed E-state index contributed by atoms with van der Waals surface area (Å²) in [6, 6.07) is 2.46. The first-order valence-electron chi connectivity index (χ1n) is 7.21. The molecule has 3 aromatic heterocycles. The Balaban J connectivity index is 0.00000144. The molecule has 22 heavy (non-hydrogen) atoms. The molecule has 1 aliphatic heterocycles.